The molecule has 98 valence electrons. The number of halogens is 2. The first-order chi connectivity index (χ1) is 8.06. The summed E-state index contributed by atoms with van der Waals surface area (Å²) < 4.78 is 26.7. The van der Waals surface area contributed by atoms with Crippen LogP contribution in [0.1, 0.15) is 58.3 Å². The average molecular weight is 244 g/mol. The van der Waals surface area contributed by atoms with Crippen LogP contribution < -0.4 is 0 Å². The lowest BCUT2D eigenvalue weighted by Gasteiger charge is -2.18. The highest BCUT2D eigenvalue weighted by Gasteiger charge is 2.35. The summed E-state index contributed by atoms with van der Waals surface area (Å²) in [6.45, 7) is 1.85. The SMILES string of the molecule is CCCCC(F)(F)C(=O)/C=C/C1CCCCC1. The fourth-order valence-electron chi connectivity index (χ4n) is 2.19. The van der Waals surface area contributed by atoms with E-state index in [1.165, 1.54) is 6.42 Å². The number of carbonyl (C=O) groups excluding carboxylic acids is 1. The Morgan fingerprint density at radius 2 is 1.94 bits per heavy atom. The van der Waals surface area contributed by atoms with E-state index in [9.17, 15) is 13.6 Å². The summed E-state index contributed by atoms with van der Waals surface area (Å²) in [6.07, 6.45) is 9.17. The number of ketones is 1. The minimum Gasteiger partial charge on any atom is -0.288 e. The first-order valence-electron chi connectivity index (χ1n) is 6.66. The number of allylic oxidation sites excluding steroid dienone is 2. The van der Waals surface area contributed by atoms with Gasteiger partial charge < -0.3 is 0 Å². The monoisotopic (exact) mass is 244 g/mol. The molecule has 1 aliphatic carbocycles. The first-order valence-corrected chi connectivity index (χ1v) is 6.66. The molecule has 0 saturated heterocycles. The van der Waals surface area contributed by atoms with Crippen molar-refractivity contribution >= 4 is 5.78 Å². The van der Waals surface area contributed by atoms with E-state index in [4.69, 9.17) is 0 Å². The van der Waals surface area contributed by atoms with Crippen LogP contribution >= 0.6 is 0 Å². The molecule has 0 amide bonds. The van der Waals surface area contributed by atoms with E-state index in [-0.39, 0.29) is 6.42 Å². The van der Waals surface area contributed by atoms with Gasteiger partial charge >= 0.3 is 5.92 Å². The molecule has 0 atom stereocenters. The maximum atomic E-state index is 13.4. The molecule has 1 rings (SSSR count). The van der Waals surface area contributed by atoms with E-state index in [2.05, 4.69) is 0 Å². The second-order valence-corrected chi connectivity index (χ2v) is 4.93. The van der Waals surface area contributed by atoms with Gasteiger partial charge in [-0.25, -0.2) is 0 Å². The Bertz CT molecular complexity index is 265. The summed E-state index contributed by atoms with van der Waals surface area (Å²) in [5.41, 5.74) is 0. The smallest absolute Gasteiger partial charge is 0.288 e. The molecule has 1 aliphatic rings. The number of unbranched alkanes of at least 4 members (excludes halogenated alkanes) is 1. The van der Waals surface area contributed by atoms with Gasteiger partial charge in [-0.15, -0.1) is 0 Å². The van der Waals surface area contributed by atoms with Crippen LogP contribution in [0, 0.1) is 5.92 Å². The van der Waals surface area contributed by atoms with Gasteiger partial charge in [0.2, 0.25) is 5.78 Å². The molecule has 0 aromatic carbocycles. The van der Waals surface area contributed by atoms with Gasteiger partial charge in [-0.3, -0.25) is 4.79 Å². The Hall–Kier alpha value is -0.730. The summed E-state index contributed by atoms with van der Waals surface area (Å²) in [6, 6.07) is 0. The zero-order valence-electron chi connectivity index (χ0n) is 10.6. The maximum absolute atomic E-state index is 13.4. The summed E-state index contributed by atoms with van der Waals surface area (Å²) in [7, 11) is 0. The lowest BCUT2D eigenvalue weighted by Crippen LogP contribution is -2.26. The van der Waals surface area contributed by atoms with Crippen molar-refractivity contribution in [1.82, 2.24) is 0 Å². The number of alkyl halides is 2. The van der Waals surface area contributed by atoms with Crippen LogP contribution in [-0.4, -0.2) is 11.7 Å². The second-order valence-electron chi connectivity index (χ2n) is 4.93. The van der Waals surface area contributed by atoms with Gasteiger partial charge in [0.25, 0.3) is 0 Å². The average Bonchev–Trinajstić information content (AvgIpc) is 2.34. The Kier molecular flexibility index (Phi) is 5.79. The normalized spacial score (nSPS) is 18.8. The van der Waals surface area contributed by atoms with Crippen LogP contribution in [0.15, 0.2) is 12.2 Å². The third kappa shape index (κ3) is 4.97. The number of hydrogen-bond donors (Lipinski definition) is 0. The van der Waals surface area contributed by atoms with Crippen molar-refractivity contribution in [1.29, 1.82) is 0 Å². The van der Waals surface area contributed by atoms with E-state index >= 15 is 0 Å². The molecule has 0 N–H and O–H groups in total. The molecule has 0 aliphatic heterocycles. The van der Waals surface area contributed by atoms with Gasteiger partial charge in [0.1, 0.15) is 0 Å². The third-order valence-electron chi connectivity index (χ3n) is 3.37. The summed E-state index contributed by atoms with van der Waals surface area (Å²) in [5, 5.41) is 0. The fourth-order valence-corrected chi connectivity index (χ4v) is 2.19. The highest BCUT2D eigenvalue weighted by Crippen LogP contribution is 2.26. The molecule has 0 heterocycles. The number of hydrogen-bond acceptors (Lipinski definition) is 1. The summed E-state index contributed by atoms with van der Waals surface area (Å²) in [4.78, 5) is 11.4. The molecule has 1 fully saturated rings. The highest BCUT2D eigenvalue weighted by atomic mass is 19.3. The lowest BCUT2D eigenvalue weighted by molar-refractivity contribution is -0.138. The molecule has 0 aromatic heterocycles. The van der Waals surface area contributed by atoms with E-state index in [1.807, 2.05) is 6.92 Å². The maximum Gasteiger partial charge on any atom is 0.309 e. The largest absolute Gasteiger partial charge is 0.309 e. The minimum atomic E-state index is -3.17. The van der Waals surface area contributed by atoms with Crippen molar-refractivity contribution in [3.8, 4) is 0 Å². The summed E-state index contributed by atoms with van der Waals surface area (Å²) in [5.74, 6) is -3.85. The van der Waals surface area contributed by atoms with Crippen molar-refractivity contribution in [3.05, 3.63) is 12.2 Å². The Morgan fingerprint density at radius 1 is 1.29 bits per heavy atom. The molecular formula is C14H22F2O. The van der Waals surface area contributed by atoms with Gasteiger partial charge in [-0.1, -0.05) is 38.7 Å². The van der Waals surface area contributed by atoms with Crippen LogP contribution in [0.3, 0.4) is 0 Å². The quantitative estimate of drug-likeness (QED) is 0.628. The van der Waals surface area contributed by atoms with E-state index in [1.54, 1.807) is 6.08 Å². The fraction of sp³-hybridized carbons (Fsp3) is 0.786. The molecule has 0 aromatic rings. The van der Waals surface area contributed by atoms with Crippen molar-refractivity contribution in [2.24, 2.45) is 5.92 Å². The molecule has 17 heavy (non-hydrogen) atoms. The zero-order valence-corrected chi connectivity index (χ0v) is 10.6. The van der Waals surface area contributed by atoms with Gasteiger partial charge in [0.15, 0.2) is 0 Å². The van der Waals surface area contributed by atoms with Crippen LogP contribution in [0.25, 0.3) is 0 Å². The van der Waals surface area contributed by atoms with E-state index < -0.39 is 11.7 Å². The zero-order chi connectivity index (χ0) is 12.7. The van der Waals surface area contributed by atoms with E-state index in [0.717, 1.165) is 31.8 Å². The number of rotatable bonds is 6. The van der Waals surface area contributed by atoms with Gasteiger partial charge in [-0.05, 0) is 31.3 Å². The molecular weight excluding hydrogens is 222 g/mol. The van der Waals surface area contributed by atoms with E-state index in [0.29, 0.717) is 18.8 Å². The standard InChI is InChI=1S/C14H22F2O/c1-2-3-11-14(15,16)13(17)10-9-12-7-5-4-6-8-12/h9-10,12H,2-8,11H2,1H3/b10-9+. The molecule has 0 spiro atoms. The van der Waals surface area contributed by atoms with Crippen LogP contribution in [0.4, 0.5) is 8.78 Å². The Morgan fingerprint density at radius 3 is 2.53 bits per heavy atom. The highest BCUT2D eigenvalue weighted by molar-refractivity contribution is 5.95. The van der Waals surface area contributed by atoms with Gasteiger partial charge in [0, 0.05) is 6.42 Å². The summed E-state index contributed by atoms with van der Waals surface area (Å²) >= 11 is 0. The molecule has 3 heteroatoms. The number of carbonyl (C=O) groups is 1. The van der Waals surface area contributed by atoms with Gasteiger partial charge in [0.05, 0.1) is 0 Å². The lowest BCUT2D eigenvalue weighted by atomic mass is 9.88. The Labute approximate surface area is 102 Å². The molecule has 1 nitrogen and oxygen atoms in total. The van der Waals surface area contributed by atoms with Crippen molar-refractivity contribution in [3.63, 3.8) is 0 Å². The first kappa shape index (κ1) is 14.3. The van der Waals surface area contributed by atoms with Crippen LogP contribution in [0.5, 0.6) is 0 Å². The third-order valence-corrected chi connectivity index (χ3v) is 3.37. The minimum absolute atomic E-state index is 0.322. The predicted molar refractivity (Wildman–Crippen MR) is 65.2 cm³/mol. The van der Waals surface area contributed by atoms with Crippen molar-refractivity contribution in [2.45, 2.75) is 64.2 Å². The van der Waals surface area contributed by atoms with Gasteiger partial charge in [-0.2, -0.15) is 8.78 Å². The van der Waals surface area contributed by atoms with Crippen molar-refractivity contribution in [2.75, 3.05) is 0 Å². The molecule has 1 saturated carbocycles. The Balaban J connectivity index is 2.43. The second kappa shape index (κ2) is 6.87. The van der Waals surface area contributed by atoms with Crippen molar-refractivity contribution < 1.29 is 13.6 Å². The van der Waals surface area contributed by atoms with Crippen LogP contribution in [0.2, 0.25) is 0 Å². The van der Waals surface area contributed by atoms with Crippen LogP contribution in [-0.2, 0) is 4.79 Å². The molecule has 0 bridgehead atoms. The molecule has 0 radical (unpaired) electrons. The molecule has 0 unspecified atom stereocenters. The predicted octanol–water partition coefficient (Wildman–Crippen LogP) is 4.52. The topological polar surface area (TPSA) is 17.1 Å².